The first-order valence-corrected chi connectivity index (χ1v) is 6.62. The van der Waals surface area contributed by atoms with Crippen molar-refractivity contribution >= 4 is 11.9 Å². The molecule has 0 aliphatic rings. The van der Waals surface area contributed by atoms with Gasteiger partial charge in [-0.05, 0) is 6.42 Å². The molecule has 1 aromatic heterocycles. The quantitative estimate of drug-likeness (QED) is 0.614. The van der Waals surface area contributed by atoms with E-state index < -0.39 is 24.0 Å². The molecule has 7 nitrogen and oxygen atoms in total. The van der Waals surface area contributed by atoms with Crippen LogP contribution in [0.25, 0.3) is 0 Å². The van der Waals surface area contributed by atoms with Gasteiger partial charge in [-0.25, -0.2) is 4.98 Å². The number of aliphatic carboxylic acids is 2. The lowest BCUT2D eigenvalue weighted by molar-refractivity contribution is -0.142. The van der Waals surface area contributed by atoms with Crippen LogP contribution in [0.4, 0.5) is 0 Å². The second-order valence-electron chi connectivity index (χ2n) is 4.79. The fraction of sp³-hybridized carbons (Fsp3) is 0.615. The SMILES string of the molecule is CCCCC(NC(Cc1cncn1C)C(=O)O)C(=O)O. The summed E-state index contributed by atoms with van der Waals surface area (Å²) in [5.74, 6) is -2.08. The van der Waals surface area contributed by atoms with E-state index in [1.165, 1.54) is 0 Å². The van der Waals surface area contributed by atoms with Gasteiger partial charge in [-0.1, -0.05) is 19.8 Å². The zero-order valence-electron chi connectivity index (χ0n) is 11.7. The molecular weight excluding hydrogens is 262 g/mol. The first kappa shape index (κ1) is 16.2. The highest BCUT2D eigenvalue weighted by Crippen LogP contribution is 2.07. The van der Waals surface area contributed by atoms with E-state index in [0.29, 0.717) is 6.42 Å². The van der Waals surface area contributed by atoms with E-state index in [1.807, 2.05) is 6.92 Å². The van der Waals surface area contributed by atoms with E-state index in [1.54, 1.807) is 24.1 Å². The maximum atomic E-state index is 11.3. The van der Waals surface area contributed by atoms with Crippen molar-refractivity contribution in [2.75, 3.05) is 0 Å². The van der Waals surface area contributed by atoms with Crippen molar-refractivity contribution in [3.63, 3.8) is 0 Å². The highest BCUT2D eigenvalue weighted by Gasteiger charge is 2.26. The van der Waals surface area contributed by atoms with E-state index in [0.717, 1.165) is 18.5 Å². The third-order valence-corrected chi connectivity index (χ3v) is 3.17. The molecule has 0 fully saturated rings. The molecule has 3 N–H and O–H groups in total. The smallest absolute Gasteiger partial charge is 0.321 e. The van der Waals surface area contributed by atoms with Gasteiger partial charge < -0.3 is 14.8 Å². The van der Waals surface area contributed by atoms with E-state index in [9.17, 15) is 14.7 Å². The number of carboxylic acid groups (broad SMARTS) is 2. The summed E-state index contributed by atoms with van der Waals surface area (Å²) < 4.78 is 1.72. The molecule has 20 heavy (non-hydrogen) atoms. The zero-order chi connectivity index (χ0) is 15.1. The van der Waals surface area contributed by atoms with Gasteiger partial charge in [0.15, 0.2) is 0 Å². The topological polar surface area (TPSA) is 104 Å². The molecule has 112 valence electrons. The third-order valence-electron chi connectivity index (χ3n) is 3.17. The van der Waals surface area contributed by atoms with Crippen molar-refractivity contribution in [3.8, 4) is 0 Å². The minimum absolute atomic E-state index is 0.196. The highest BCUT2D eigenvalue weighted by molar-refractivity contribution is 5.77. The molecule has 0 spiro atoms. The molecule has 0 amide bonds. The van der Waals surface area contributed by atoms with Gasteiger partial charge in [-0.2, -0.15) is 0 Å². The van der Waals surface area contributed by atoms with Gasteiger partial charge in [-0.15, -0.1) is 0 Å². The number of carboxylic acids is 2. The number of hydrogen-bond acceptors (Lipinski definition) is 4. The largest absolute Gasteiger partial charge is 0.480 e. The second-order valence-corrected chi connectivity index (χ2v) is 4.79. The first-order chi connectivity index (χ1) is 9.45. The Morgan fingerprint density at radius 3 is 2.45 bits per heavy atom. The summed E-state index contributed by atoms with van der Waals surface area (Å²) in [5, 5.41) is 21.1. The second kappa shape index (κ2) is 7.64. The van der Waals surface area contributed by atoms with Crippen LogP contribution in [0.1, 0.15) is 31.9 Å². The molecule has 0 bridgehead atoms. The fourth-order valence-electron chi connectivity index (χ4n) is 1.94. The predicted molar refractivity (Wildman–Crippen MR) is 72.4 cm³/mol. The molecule has 0 aliphatic heterocycles. The summed E-state index contributed by atoms with van der Waals surface area (Å²) in [5.41, 5.74) is 0.740. The Bertz CT molecular complexity index is 458. The van der Waals surface area contributed by atoms with Crippen molar-refractivity contribution in [2.45, 2.75) is 44.7 Å². The van der Waals surface area contributed by atoms with Crippen LogP contribution in [0.5, 0.6) is 0 Å². The predicted octanol–water partition coefficient (Wildman–Crippen LogP) is 0.649. The Morgan fingerprint density at radius 1 is 1.35 bits per heavy atom. The van der Waals surface area contributed by atoms with Gasteiger partial charge in [0.2, 0.25) is 0 Å². The van der Waals surface area contributed by atoms with Crippen molar-refractivity contribution < 1.29 is 19.8 Å². The average Bonchev–Trinajstić information content (AvgIpc) is 2.78. The van der Waals surface area contributed by atoms with Crippen LogP contribution in [0.15, 0.2) is 12.5 Å². The Balaban J connectivity index is 2.72. The number of hydrogen-bond donors (Lipinski definition) is 3. The van der Waals surface area contributed by atoms with Gasteiger partial charge in [-0.3, -0.25) is 14.9 Å². The molecule has 1 heterocycles. The number of aryl methyl sites for hydroxylation is 1. The van der Waals surface area contributed by atoms with Crippen molar-refractivity contribution in [3.05, 3.63) is 18.2 Å². The van der Waals surface area contributed by atoms with E-state index in [-0.39, 0.29) is 6.42 Å². The van der Waals surface area contributed by atoms with Crippen LogP contribution in [0, 0.1) is 0 Å². The van der Waals surface area contributed by atoms with Crippen molar-refractivity contribution in [2.24, 2.45) is 7.05 Å². The molecule has 0 saturated heterocycles. The molecular formula is C13H21N3O4. The van der Waals surface area contributed by atoms with Crippen LogP contribution >= 0.6 is 0 Å². The molecule has 0 radical (unpaired) electrons. The molecule has 1 aromatic rings. The van der Waals surface area contributed by atoms with Crippen molar-refractivity contribution in [1.82, 2.24) is 14.9 Å². The van der Waals surface area contributed by atoms with Gasteiger partial charge in [0, 0.05) is 25.4 Å². The minimum Gasteiger partial charge on any atom is -0.480 e. The summed E-state index contributed by atoms with van der Waals surface area (Å²) in [6, 6.07) is -1.78. The fourth-order valence-corrected chi connectivity index (χ4v) is 1.94. The van der Waals surface area contributed by atoms with Gasteiger partial charge in [0.25, 0.3) is 0 Å². The Labute approximate surface area is 117 Å². The molecule has 7 heteroatoms. The van der Waals surface area contributed by atoms with Crippen LogP contribution in [0.2, 0.25) is 0 Å². The summed E-state index contributed by atoms with van der Waals surface area (Å²) >= 11 is 0. The molecule has 1 rings (SSSR count). The summed E-state index contributed by atoms with van der Waals surface area (Å²) in [6.07, 6.45) is 5.38. The molecule has 0 saturated carbocycles. The number of unbranched alkanes of at least 4 members (excludes halogenated alkanes) is 1. The number of rotatable bonds is 9. The lowest BCUT2D eigenvalue weighted by Crippen LogP contribution is -2.48. The number of aromatic nitrogens is 2. The van der Waals surface area contributed by atoms with Crippen LogP contribution in [-0.4, -0.2) is 43.8 Å². The van der Waals surface area contributed by atoms with Crippen molar-refractivity contribution in [1.29, 1.82) is 0 Å². The Kier molecular flexibility index (Phi) is 6.17. The summed E-state index contributed by atoms with van der Waals surface area (Å²) in [7, 11) is 1.77. The normalized spacial score (nSPS) is 13.9. The maximum Gasteiger partial charge on any atom is 0.321 e. The van der Waals surface area contributed by atoms with Gasteiger partial charge in [0.05, 0.1) is 6.33 Å². The minimum atomic E-state index is -1.06. The lowest BCUT2D eigenvalue weighted by Gasteiger charge is -2.20. The van der Waals surface area contributed by atoms with E-state index in [2.05, 4.69) is 10.3 Å². The molecule has 2 atom stereocenters. The van der Waals surface area contributed by atoms with E-state index >= 15 is 0 Å². The van der Waals surface area contributed by atoms with Crippen LogP contribution < -0.4 is 5.32 Å². The summed E-state index contributed by atoms with van der Waals surface area (Å²) in [6.45, 7) is 1.96. The van der Waals surface area contributed by atoms with Crippen LogP contribution in [-0.2, 0) is 23.1 Å². The average molecular weight is 283 g/mol. The Morgan fingerprint density at radius 2 is 2.00 bits per heavy atom. The number of nitrogens with zero attached hydrogens (tertiary/aromatic N) is 2. The number of carbonyl (C=O) groups is 2. The molecule has 0 aromatic carbocycles. The van der Waals surface area contributed by atoms with Crippen LogP contribution in [0.3, 0.4) is 0 Å². The lowest BCUT2D eigenvalue weighted by atomic mass is 10.1. The standard InChI is InChI=1S/C13H21N3O4/c1-3-4-5-10(12(17)18)15-11(13(19)20)6-9-7-14-8-16(9)2/h7-8,10-11,15H,3-6H2,1-2H3,(H,17,18)(H,19,20). The van der Waals surface area contributed by atoms with E-state index in [4.69, 9.17) is 5.11 Å². The zero-order valence-corrected chi connectivity index (χ0v) is 11.7. The van der Waals surface area contributed by atoms with Gasteiger partial charge >= 0.3 is 11.9 Å². The maximum absolute atomic E-state index is 11.3. The van der Waals surface area contributed by atoms with Gasteiger partial charge in [0.1, 0.15) is 12.1 Å². The molecule has 0 aliphatic carbocycles. The Hall–Kier alpha value is -1.89. The number of imidazole rings is 1. The monoisotopic (exact) mass is 283 g/mol. The number of nitrogens with one attached hydrogen (secondary N) is 1. The molecule has 2 unspecified atom stereocenters. The highest BCUT2D eigenvalue weighted by atomic mass is 16.4. The third kappa shape index (κ3) is 4.65. The summed E-state index contributed by atoms with van der Waals surface area (Å²) in [4.78, 5) is 26.4. The first-order valence-electron chi connectivity index (χ1n) is 6.62.